The van der Waals surface area contributed by atoms with Gasteiger partial charge in [-0.25, -0.2) is 0 Å². The number of aromatic nitrogens is 1. The van der Waals surface area contributed by atoms with Gasteiger partial charge in [-0.15, -0.1) is 0 Å². The van der Waals surface area contributed by atoms with E-state index < -0.39 is 0 Å². The van der Waals surface area contributed by atoms with Gasteiger partial charge in [-0.1, -0.05) is 0 Å². The number of hydrogen-bond acceptors (Lipinski definition) is 3. The summed E-state index contributed by atoms with van der Waals surface area (Å²) in [5.41, 5.74) is 2.29. The average Bonchev–Trinajstić information content (AvgIpc) is 2.30. The topological polar surface area (TPSA) is 34.1 Å². The summed E-state index contributed by atoms with van der Waals surface area (Å²) in [5.74, 6) is 0. The molecule has 0 aliphatic rings. The highest BCUT2D eigenvalue weighted by Crippen LogP contribution is 2.23. The van der Waals surface area contributed by atoms with Gasteiger partial charge < -0.3 is 10.1 Å². The molecule has 3 nitrogen and oxygen atoms in total. The predicted molar refractivity (Wildman–Crippen MR) is 71.1 cm³/mol. The molecule has 0 saturated heterocycles. The summed E-state index contributed by atoms with van der Waals surface area (Å²) in [5, 5.41) is 3.32. The molecule has 0 bridgehead atoms. The first-order chi connectivity index (χ1) is 7.98. The van der Waals surface area contributed by atoms with Crippen LogP contribution >= 0.6 is 0 Å². The second kappa shape index (κ2) is 6.12. The van der Waals surface area contributed by atoms with E-state index in [-0.39, 0.29) is 5.60 Å². The van der Waals surface area contributed by atoms with Crippen LogP contribution in [0, 0.1) is 6.92 Å². The molecule has 0 aromatic carbocycles. The summed E-state index contributed by atoms with van der Waals surface area (Å²) in [6.07, 6.45) is 3.90. The number of rotatable bonds is 6. The molecule has 0 amide bonds. The molecule has 1 rings (SSSR count). The maximum absolute atomic E-state index is 5.44. The minimum atomic E-state index is -0.0705. The van der Waals surface area contributed by atoms with Crippen molar-refractivity contribution < 1.29 is 4.74 Å². The van der Waals surface area contributed by atoms with Crippen molar-refractivity contribution in [3.05, 3.63) is 29.6 Å². The van der Waals surface area contributed by atoms with Crippen molar-refractivity contribution in [2.75, 3.05) is 14.2 Å². The lowest BCUT2D eigenvalue weighted by molar-refractivity contribution is 0.0117. The zero-order valence-electron chi connectivity index (χ0n) is 11.6. The highest BCUT2D eigenvalue weighted by atomic mass is 16.5. The largest absolute Gasteiger partial charge is 0.379 e. The number of methoxy groups -OCH3 is 1. The number of hydrogen-bond donors (Lipinski definition) is 1. The van der Waals surface area contributed by atoms with E-state index >= 15 is 0 Å². The van der Waals surface area contributed by atoms with Gasteiger partial charge in [0.25, 0.3) is 0 Å². The van der Waals surface area contributed by atoms with Gasteiger partial charge in [0.15, 0.2) is 0 Å². The van der Waals surface area contributed by atoms with Gasteiger partial charge in [0.2, 0.25) is 0 Å². The molecule has 0 spiro atoms. The molecular formula is C14H24N2O. The lowest BCUT2D eigenvalue weighted by Crippen LogP contribution is -2.26. The summed E-state index contributed by atoms with van der Waals surface area (Å²) in [7, 11) is 3.74. The standard InChI is InChI=1S/C14H24N2O/c1-11-7-9-16-13(10-11)12(15-4)6-8-14(2,3)17-5/h7,9-10,12,15H,6,8H2,1-5H3. The molecule has 0 radical (unpaired) electrons. The van der Waals surface area contributed by atoms with Crippen LogP contribution in [0.1, 0.15) is 44.0 Å². The Balaban J connectivity index is 2.66. The summed E-state index contributed by atoms with van der Waals surface area (Å²) in [4.78, 5) is 4.43. The molecule has 1 N–H and O–H groups in total. The molecule has 0 aliphatic heterocycles. The fraction of sp³-hybridized carbons (Fsp3) is 0.643. The number of nitrogens with zero attached hydrogens (tertiary/aromatic N) is 1. The second-order valence-electron chi connectivity index (χ2n) is 5.10. The summed E-state index contributed by atoms with van der Waals surface area (Å²) >= 11 is 0. The van der Waals surface area contributed by atoms with Gasteiger partial charge in [0.05, 0.1) is 11.3 Å². The predicted octanol–water partition coefficient (Wildman–Crippen LogP) is 2.86. The molecule has 1 atom stereocenters. The van der Waals surface area contributed by atoms with E-state index in [0.717, 1.165) is 18.5 Å². The maximum atomic E-state index is 5.44. The monoisotopic (exact) mass is 236 g/mol. The third-order valence-corrected chi connectivity index (χ3v) is 3.23. The Morgan fingerprint density at radius 2 is 2.18 bits per heavy atom. The number of aryl methyl sites for hydroxylation is 1. The molecule has 1 unspecified atom stereocenters. The van der Waals surface area contributed by atoms with Crippen LogP contribution in [-0.2, 0) is 4.74 Å². The van der Waals surface area contributed by atoms with E-state index in [2.05, 4.69) is 37.1 Å². The van der Waals surface area contributed by atoms with Crippen molar-refractivity contribution >= 4 is 0 Å². The molecule has 0 saturated carbocycles. The zero-order chi connectivity index (χ0) is 12.9. The first kappa shape index (κ1) is 14.1. The number of nitrogens with one attached hydrogen (secondary N) is 1. The Labute approximate surface area is 105 Å². The zero-order valence-corrected chi connectivity index (χ0v) is 11.6. The third-order valence-electron chi connectivity index (χ3n) is 3.23. The SMILES string of the molecule is CNC(CCC(C)(C)OC)c1cc(C)ccn1. The molecule has 1 aromatic rings. The minimum Gasteiger partial charge on any atom is -0.379 e. The Bertz CT molecular complexity index is 350. The Kier molecular flexibility index (Phi) is 5.09. The van der Waals surface area contributed by atoms with Crippen LogP contribution < -0.4 is 5.32 Å². The molecular weight excluding hydrogens is 212 g/mol. The molecule has 0 fully saturated rings. The Morgan fingerprint density at radius 1 is 1.47 bits per heavy atom. The van der Waals surface area contributed by atoms with Crippen LogP contribution in [0.15, 0.2) is 18.3 Å². The Hall–Kier alpha value is -0.930. The quantitative estimate of drug-likeness (QED) is 0.824. The smallest absolute Gasteiger partial charge is 0.0623 e. The summed E-state index contributed by atoms with van der Waals surface area (Å²) < 4.78 is 5.44. The van der Waals surface area contributed by atoms with Crippen LogP contribution in [0.25, 0.3) is 0 Å². The van der Waals surface area contributed by atoms with Gasteiger partial charge in [-0.05, 0) is 58.4 Å². The molecule has 17 heavy (non-hydrogen) atoms. The average molecular weight is 236 g/mol. The van der Waals surface area contributed by atoms with Crippen molar-refractivity contribution in [2.24, 2.45) is 0 Å². The van der Waals surface area contributed by atoms with Crippen molar-refractivity contribution in [3.8, 4) is 0 Å². The van der Waals surface area contributed by atoms with Gasteiger partial charge in [0, 0.05) is 19.3 Å². The van der Waals surface area contributed by atoms with Crippen LogP contribution in [0.2, 0.25) is 0 Å². The van der Waals surface area contributed by atoms with Gasteiger partial charge in [0.1, 0.15) is 0 Å². The molecule has 3 heteroatoms. The summed E-state index contributed by atoms with van der Waals surface area (Å²) in [6, 6.07) is 4.46. The molecule has 96 valence electrons. The van der Waals surface area contributed by atoms with Crippen molar-refractivity contribution in [2.45, 2.75) is 45.3 Å². The van der Waals surface area contributed by atoms with E-state index in [4.69, 9.17) is 4.74 Å². The van der Waals surface area contributed by atoms with E-state index in [9.17, 15) is 0 Å². The van der Waals surface area contributed by atoms with Gasteiger partial charge >= 0.3 is 0 Å². The lowest BCUT2D eigenvalue weighted by atomic mass is 9.97. The van der Waals surface area contributed by atoms with Crippen LogP contribution in [-0.4, -0.2) is 24.7 Å². The van der Waals surface area contributed by atoms with Crippen LogP contribution in [0.4, 0.5) is 0 Å². The number of ether oxygens (including phenoxy) is 1. The van der Waals surface area contributed by atoms with Crippen molar-refractivity contribution in [3.63, 3.8) is 0 Å². The molecule has 1 heterocycles. The van der Waals surface area contributed by atoms with Crippen LogP contribution in [0.5, 0.6) is 0 Å². The minimum absolute atomic E-state index is 0.0705. The third kappa shape index (κ3) is 4.44. The maximum Gasteiger partial charge on any atom is 0.0623 e. The van der Waals surface area contributed by atoms with E-state index in [0.29, 0.717) is 6.04 Å². The van der Waals surface area contributed by atoms with E-state index in [1.54, 1.807) is 7.11 Å². The molecule has 0 aliphatic carbocycles. The lowest BCUT2D eigenvalue weighted by Gasteiger charge is -2.25. The highest BCUT2D eigenvalue weighted by molar-refractivity contribution is 5.17. The Morgan fingerprint density at radius 3 is 2.71 bits per heavy atom. The van der Waals surface area contributed by atoms with Gasteiger partial charge in [-0.3, -0.25) is 4.98 Å². The van der Waals surface area contributed by atoms with E-state index in [1.807, 2.05) is 19.3 Å². The van der Waals surface area contributed by atoms with Crippen molar-refractivity contribution in [1.82, 2.24) is 10.3 Å². The molecule has 1 aromatic heterocycles. The number of pyridine rings is 1. The second-order valence-corrected chi connectivity index (χ2v) is 5.10. The fourth-order valence-corrected chi connectivity index (χ4v) is 1.78. The van der Waals surface area contributed by atoms with Crippen LogP contribution in [0.3, 0.4) is 0 Å². The van der Waals surface area contributed by atoms with E-state index in [1.165, 1.54) is 5.56 Å². The highest BCUT2D eigenvalue weighted by Gasteiger charge is 2.20. The first-order valence-corrected chi connectivity index (χ1v) is 6.13. The first-order valence-electron chi connectivity index (χ1n) is 6.13. The summed E-state index contributed by atoms with van der Waals surface area (Å²) in [6.45, 7) is 6.32. The van der Waals surface area contributed by atoms with Crippen molar-refractivity contribution in [1.29, 1.82) is 0 Å². The normalized spacial score (nSPS) is 13.7. The van der Waals surface area contributed by atoms with Gasteiger partial charge in [-0.2, -0.15) is 0 Å². The fourth-order valence-electron chi connectivity index (χ4n) is 1.78.